The number of halogens is 1. The molecule has 0 aliphatic carbocycles. The molecule has 0 aromatic heterocycles. The fourth-order valence-corrected chi connectivity index (χ4v) is 3.74. The lowest BCUT2D eigenvalue weighted by atomic mass is 9.92. The molecule has 0 radical (unpaired) electrons. The normalized spacial score (nSPS) is 15.8. The van der Waals surface area contributed by atoms with Gasteiger partial charge in [0.2, 0.25) is 0 Å². The summed E-state index contributed by atoms with van der Waals surface area (Å²) >= 11 is 3.44. The summed E-state index contributed by atoms with van der Waals surface area (Å²) in [4.78, 5) is 25.4. The number of carbonyl (C=O) groups is 2. The molecule has 1 aliphatic rings. The van der Waals surface area contributed by atoms with Crippen molar-refractivity contribution in [2.45, 2.75) is 6.04 Å². The van der Waals surface area contributed by atoms with Gasteiger partial charge >= 0.3 is 12.0 Å². The Balaban J connectivity index is 2.26. The topological polar surface area (TPSA) is 95.1 Å². The fraction of sp³-hybridized carbons (Fsp3) is 0.238. The van der Waals surface area contributed by atoms with E-state index in [1.807, 2.05) is 0 Å². The van der Waals surface area contributed by atoms with E-state index >= 15 is 0 Å². The van der Waals surface area contributed by atoms with Gasteiger partial charge in [-0.1, -0.05) is 15.9 Å². The maximum atomic E-state index is 12.8. The Labute approximate surface area is 182 Å². The second-order valence-electron chi connectivity index (χ2n) is 6.27. The molecule has 2 amide bonds. The second kappa shape index (κ2) is 9.08. The fourth-order valence-electron chi connectivity index (χ4n) is 3.29. The van der Waals surface area contributed by atoms with Crippen molar-refractivity contribution in [3.8, 4) is 17.2 Å². The highest BCUT2D eigenvalue weighted by molar-refractivity contribution is 9.10. The summed E-state index contributed by atoms with van der Waals surface area (Å²) in [6.45, 7) is 0. The minimum atomic E-state index is -0.843. The number of hydrogen-bond acceptors (Lipinski definition) is 6. The Kier molecular flexibility index (Phi) is 6.51. The summed E-state index contributed by atoms with van der Waals surface area (Å²) in [6, 6.07) is 9.15. The van der Waals surface area contributed by atoms with Crippen molar-refractivity contribution in [1.82, 2.24) is 10.6 Å². The minimum Gasteiger partial charge on any atom is -0.497 e. The molecule has 0 spiro atoms. The number of esters is 1. The molecule has 0 fully saturated rings. The number of methoxy groups -OCH3 is 4. The average molecular weight is 477 g/mol. The molecule has 2 N–H and O–H groups in total. The summed E-state index contributed by atoms with van der Waals surface area (Å²) in [5, 5.41) is 5.50. The van der Waals surface area contributed by atoms with Crippen LogP contribution < -0.4 is 24.8 Å². The Hall–Kier alpha value is -3.20. The molecule has 9 heteroatoms. The van der Waals surface area contributed by atoms with Gasteiger partial charge in [0.1, 0.15) is 5.75 Å². The number of carbonyl (C=O) groups excluding carboxylic acids is 2. The summed E-state index contributed by atoms with van der Waals surface area (Å²) in [5.41, 5.74) is 1.71. The molecule has 0 bridgehead atoms. The van der Waals surface area contributed by atoms with Crippen LogP contribution in [0.1, 0.15) is 17.2 Å². The molecule has 1 heterocycles. The van der Waals surface area contributed by atoms with Gasteiger partial charge in [0, 0.05) is 10.0 Å². The monoisotopic (exact) mass is 476 g/mol. The SMILES string of the molecule is COC(=O)C1=C(c2ccc(OC)cc2)NC(=O)NC1c1cc(Br)cc(OC)c1OC. The average Bonchev–Trinajstić information content (AvgIpc) is 2.77. The van der Waals surface area contributed by atoms with Gasteiger partial charge in [0.25, 0.3) is 0 Å². The van der Waals surface area contributed by atoms with Crippen molar-refractivity contribution in [3.05, 3.63) is 57.6 Å². The van der Waals surface area contributed by atoms with Gasteiger partial charge in [0.05, 0.1) is 45.8 Å². The molecule has 2 aromatic carbocycles. The van der Waals surface area contributed by atoms with E-state index in [-0.39, 0.29) is 5.57 Å². The zero-order valence-corrected chi connectivity index (χ0v) is 18.5. The first kappa shape index (κ1) is 21.5. The van der Waals surface area contributed by atoms with Gasteiger partial charge in [-0.15, -0.1) is 0 Å². The van der Waals surface area contributed by atoms with Gasteiger partial charge < -0.3 is 29.6 Å². The first-order chi connectivity index (χ1) is 14.4. The molecule has 2 aromatic rings. The number of urea groups is 1. The quantitative estimate of drug-likeness (QED) is 0.620. The standard InChI is InChI=1S/C21H21BrN2O6/c1-27-13-7-5-11(6-8-13)17-16(20(25)30-4)18(24-21(26)23-17)14-9-12(22)10-15(28-2)19(14)29-3/h5-10,18H,1-4H3,(H2,23,24,26). The van der Waals surface area contributed by atoms with E-state index < -0.39 is 18.0 Å². The van der Waals surface area contributed by atoms with Gasteiger partial charge in [-0.05, 0) is 42.0 Å². The Morgan fingerprint density at radius 3 is 2.27 bits per heavy atom. The largest absolute Gasteiger partial charge is 0.497 e. The van der Waals surface area contributed by atoms with Crippen LogP contribution in [0.15, 0.2) is 46.4 Å². The lowest BCUT2D eigenvalue weighted by molar-refractivity contribution is -0.136. The van der Waals surface area contributed by atoms with Gasteiger partial charge in [-0.3, -0.25) is 0 Å². The van der Waals surface area contributed by atoms with E-state index in [1.54, 1.807) is 43.5 Å². The molecule has 3 rings (SSSR count). The number of rotatable bonds is 6. The number of hydrogen-bond donors (Lipinski definition) is 2. The van der Waals surface area contributed by atoms with Crippen molar-refractivity contribution < 1.29 is 28.5 Å². The highest BCUT2D eigenvalue weighted by Crippen LogP contribution is 2.42. The van der Waals surface area contributed by atoms with Crippen LogP contribution >= 0.6 is 15.9 Å². The molecule has 0 saturated heterocycles. The molecular weight excluding hydrogens is 456 g/mol. The first-order valence-electron chi connectivity index (χ1n) is 8.89. The molecule has 30 heavy (non-hydrogen) atoms. The van der Waals surface area contributed by atoms with Crippen LogP contribution in [0.4, 0.5) is 4.79 Å². The van der Waals surface area contributed by atoms with Crippen LogP contribution in [0.5, 0.6) is 17.2 Å². The molecule has 1 unspecified atom stereocenters. The van der Waals surface area contributed by atoms with E-state index in [4.69, 9.17) is 18.9 Å². The summed E-state index contributed by atoms with van der Waals surface area (Å²) in [6.07, 6.45) is 0. The van der Waals surface area contributed by atoms with Gasteiger partial charge in [-0.25, -0.2) is 9.59 Å². The number of nitrogens with one attached hydrogen (secondary N) is 2. The van der Waals surface area contributed by atoms with Crippen molar-refractivity contribution in [1.29, 1.82) is 0 Å². The zero-order chi connectivity index (χ0) is 21.8. The first-order valence-corrected chi connectivity index (χ1v) is 9.68. The Bertz CT molecular complexity index is 1000. The third kappa shape index (κ3) is 4.06. The van der Waals surface area contributed by atoms with Crippen LogP contribution in [0.3, 0.4) is 0 Å². The van der Waals surface area contributed by atoms with E-state index in [2.05, 4.69) is 26.6 Å². The number of benzene rings is 2. The maximum absolute atomic E-state index is 12.8. The van der Waals surface area contributed by atoms with Crippen molar-refractivity contribution >= 4 is 33.6 Å². The molecule has 1 aliphatic heterocycles. The third-order valence-electron chi connectivity index (χ3n) is 4.64. The van der Waals surface area contributed by atoms with E-state index in [0.29, 0.717) is 38.5 Å². The number of ether oxygens (including phenoxy) is 4. The highest BCUT2D eigenvalue weighted by atomic mass is 79.9. The van der Waals surface area contributed by atoms with Crippen LogP contribution in [-0.4, -0.2) is 40.4 Å². The Morgan fingerprint density at radius 2 is 1.70 bits per heavy atom. The highest BCUT2D eigenvalue weighted by Gasteiger charge is 2.36. The molecule has 1 atom stereocenters. The zero-order valence-electron chi connectivity index (χ0n) is 16.9. The van der Waals surface area contributed by atoms with Gasteiger partial charge in [-0.2, -0.15) is 0 Å². The van der Waals surface area contributed by atoms with E-state index in [9.17, 15) is 9.59 Å². The summed E-state index contributed by atoms with van der Waals surface area (Å²) < 4.78 is 21.9. The van der Waals surface area contributed by atoms with Gasteiger partial charge in [0.15, 0.2) is 11.5 Å². The molecule has 158 valence electrons. The van der Waals surface area contributed by atoms with Crippen molar-refractivity contribution in [2.24, 2.45) is 0 Å². The van der Waals surface area contributed by atoms with Crippen LogP contribution in [-0.2, 0) is 9.53 Å². The smallest absolute Gasteiger partial charge is 0.338 e. The molecule has 0 saturated carbocycles. The van der Waals surface area contributed by atoms with Crippen LogP contribution in [0.2, 0.25) is 0 Å². The Morgan fingerprint density at radius 1 is 1.00 bits per heavy atom. The predicted molar refractivity (Wildman–Crippen MR) is 114 cm³/mol. The van der Waals surface area contributed by atoms with Crippen LogP contribution in [0, 0.1) is 0 Å². The van der Waals surface area contributed by atoms with E-state index in [0.717, 1.165) is 0 Å². The van der Waals surface area contributed by atoms with Crippen LogP contribution in [0.25, 0.3) is 5.70 Å². The lowest BCUT2D eigenvalue weighted by Crippen LogP contribution is -2.45. The minimum absolute atomic E-state index is 0.223. The molecular formula is C21H21BrN2O6. The predicted octanol–water partition coefficient (Wildman–Crippen LogP) is 3.41. The van der Waals surface area contributed by atoms with E-state index in [1.165, 1.54) is 21.3 Å². The molecule has 8 nitrogen and oxygen atoms in total. The van der Waals surface area contributed by atoms with Crippen molar-refractivity contribution in [3.63, 3.8) is 0 Å². The lowest BCUT2D eigenvalue weighted by Gasteiger charge is -2.30. The second-order valence-corrected chi connectivity index (χ2v) is 7.19. The van der Waals surface area contributed by atoms with Crippen molar-refractivity contribution in [2.75, 3.05) is 28.4 Å². The summed E-state index contributed by atoms with van der Waals surface area (Å²) in [5.74, 6) is 0.891. The number of amides is 2. The summed E-state index contributed by atoms with van der Waals surface area (Å²) in [7, 11) is 5.84. The third-order valence-corrected chi connectivity index (χ3v) is 5.10. The maximum Gasteiger partial charge on any atom is 0.338 e.